The fourth-order valence-electron chi connectivity index (χ4n) is 2.64. The summed E-state index contributed by atoms with van der Waals surface area (Å²) in [6.45, 7) is 10.6. The molecule has 3 unspecified atom stereocenters. The molecule has 2 fully saturated rings. The number of rotatable bonds is 3. The van der Waals surface area contributed by atoms with Gasteiger partial charge in [0.25, 0.3) is 0 Å². The molecular formula is C13H25NO2. The highest BCUT2D eigenvalue weighted by molar-refractivity contribution is 4.95. The van der Waals surface area contributed by atoms with Crippen LogP contribution in [0.3, 0.4) is 0 Å². The Hall–Kier alpha value is -0.120. The molecule has 0 radical (unpaired) electrons. The van der Waals surface area contributed by atoms with Gasteiger partial charge in [-0.15, -0.1) is 0 Å². The zero-order chi connectivity index (χ0) is 11.8. The molecule has 2 aliphatic heterocycles. The summed E-state index contributed by atoms with van der Waals surface area (Å²) in [7, 11) is 0. The minimum Gasteiger partial charge on any atom is -0.377 e. The van der Waals surface area contributed by atoms with Gasteiger partial charge in [-0.2, -0.15) is 0 Å². The van der Waals surface area contributed by atoms with Gasteiger partial charge >= 0.3 is 0 Å². The van der Waals surface area contributed by atoms with Crippen molar-refractivity contribution in [3.63, 3.8) is 0 Å². The Morgan fingerprint density at radius 1 is 1.25 bits per heavy atom. The molecule has 3 heteroatoms. The average Bonchev–Trinajstić information content (AvgIpc) is 2.69. The highest BCUT2D eigenvalue weighted by Gasteiger charge is 2.38. The molecule has 0 aromatic rings. The van der Waals surface area contributed by atoms with Gasteiger partial charge in [-0.3, -0.25) is 0 Å². The zero-order valence-electron chi connectivity index (χ0n) is 11.0. The fraction of sp³-hybridized carbons (Fsp3) is 1.00. The van der Waals surface area contributed by atoms with Gasteiger partial charge in [0.15, 0.2) is 0 Å². The summed E-state index contributed by atoms with van der Waals surface area (Å²) in [4.78, 5) is 0. The second kappa shape index (κ2) is 4.28. The summed E-state index contributed by atoms with van der Waals surface area (Å²) in [5.74, 6) is 0. The first kappa shape index (κ1) is 12.3. The second-order valence-corrected chi connectivity index (χ2v) is 6.10. The van der Waals surface area contributed by atoms with E-state index in [4.69, 9.17) is 9.47 Å². The van der Waals surface area contributed by atoms with E-state index < -0.39 is 0 Å². The maximum atomic E-state index is 5.99. The maximum absolute atomic E-state index is 5.99. The summed E-state index contributed by atoms with van der Waals surface area (Å²) in [6, 6.07) is 0. The quantitative estimate of drug-likeness (QED) is 0.801. The van der Waals surface area contributed by atoms with E-state index >= 15 is 0 Å². The van der Waals surface area contributed by atoms with Crippen LogP contribution in [0.15, 0.2) is 0 Å². The van der Waals surface area contributed by atoms with Crippen molar-refractivity contribution in [3.05, 3.63) is 0 Å². The maximum Gasteiger partial charge on any atom is 0.0726 e. The van der Waals surface area contributed by atoms with E-state index in [2.05, 4.69) is 33.0 Å². The lowest BCUT2D eigenvalue weighted by molar-refractivity contribution is -0.0187. The van der Waals surface area contributed by atoms with Crippen LogP contribution in [0.4, 0.5) is 0 Å². The molecular weight excluding hydrogens is 202 g/mol. The first-order valence-electron chi connectivity index (χ1n) is 6.46. The van der Waals surface area contributed by atoms with Gasteiger partial charge < -0.3 is 14.8 Å². The Kier molecular flexibility index (Phi) is 3.30. The van der Waals surface area contributed by atoms with Crippen molar-refractivity contribution >= 4 is 0 Å². The molecule has 94 valence electrons. The van der Waals surface area contributed by atoms with Gasteiger partial charge in [0, 0.05) is 18.7 Å². The van der Waals surface area contributed by atoms with Crippen LogP contribution in [-0.2, 0) is 9.47 Å². The van der Waals surface area contributed by atoms with Gasteiger partial charge in [-0.25, -0.2) is 0 Å². The van der Waals surface area contributed by atoms with E-state index in [1.54, 1.807) is 0 Å². The Labute approximate surface area is 98.9 Å². The van der Waals surface area contributed by atoms with Crippen LogP contribution < -0.4 is 5.32 Å². The van der Waals surface area contributed by atoms with Crippen LogP contribution in [-0.4, -0.2) is 36.5 Å². The standard InChI is InChI=1S/C13H25NO2/c1-10-13(4,7-8-15-10)14-9-11-5-6-12(2,3)16-11/h10-11,14H,5-9H2,1-4H3. The second-order valence-electron chi connectivity index (χ2n) is 6.10. The third kappa shape index (κ3) is 2.58. The third-order valence-corrected chi connectivity index (χ3v) is 4.17. The van der Waals surface area contributed by atoms with Gasteiger partial charge in [-0.1, -0.05) is 0 Å². The normalized spacial score (nSPS) is 42.8. The Balaban J connectivity index is 1.80. The molecule has 2 heterocycles. The molecule has 1 N–H and O–H groups in total. The monoisotopic (exact) mass is 227 g/mol. The first-order chi connectivity index (χ1) is 7.41. The predicted octanol–water partition coefficient (Wildman–Crippen LogP) is 2.10. The van der Waals surface area contributed by atoms with E-state index in [0.29, 0.717) is 12.2 Å². The van der Waals surface area contributed by atoms with Gasteiger partial charge in [0.1, 0.15) is 0 Å². The first-order valence-corrected chi connectivity index (χ1v) is 6.46. The summed E-state index contributed by atoms with van der Waals surface area (Å²) in [5, 5.41) is 3.64. The molecule has 0 aromatic heterocycles. The highest BCUT2D eigenvalue weighted by Crippen LogP contribution is 2.30. The molecule has 0 aromatic carbocycles. The molecule has 2 rings (SSSR count). The van der Waals surface area contributed by atoms with Crippen molar-refractivity contribution in [2.75, 3.05) is 13.2 Å². The van der Waals surface area contributed by atoms with E-state index in [0.717, 1.165) is 19.6 Å². The smallest absolute Gasteiger partial charge is 0.0726 e. The average molecular weight is 227 g/mol. The van der Waals surface area contributed by atoms with E-state index in [-0.39, 0.29) is 11.1 Å². The molecule has 0 saturated carbocycles. The lowest BCUT2D eigenvalue weighted by atomic mass is 9.94. The van der Waals surface area contributed by atoms with Crippen molar-refractivity contribution in [1.82, 2.24) is 5.32 Å². The van der Waals surface area contributed by atoms with Crippen LogP contribution >= 0.6 is 0 Å². The molecule has 0 amide bonds. The summed E-state index contributed by atoms with van der Waals surface area (Å²) in [5.41, 5.74) is 0.209. The summed E-state index contributed by atoms with van der Waals surface area (Å²) in [6.07, 6.45) is 4.12. The molecule has 0 spiro atoms. The van der Waals surface area contributed by atoms with Gasteiger partial charge in [-0.05, 0) is 47.0 Å². The Bertz CT molecular complexity index is 254. The van der Waals surface area contributed by atoms with Crippen LogP contribution in [0, 0.1) is 0 Å². The minimum atomic E-state index is 0.0744. The lowest BCUT2D eigenvalue weighted by Crippen LogP contribution is -2.50. The molecule has 0 bridgehead atoms. The van der Waals surface area contributed by atoms with Crippen LogP contribution in [0.5, 0.6) is 0 Å². The van der Waals surface area contributed by atoms with E-state index in [1.165, 1.54) is 12.8 Å². The SMILES string of the molecule is CC1OCCC1(C)NCC1CCC(C)(C)O1. The molecule has 2 aliphatic rings. The highest BCUT2D eigenvalue weighted by atomic mass is 16.5. The zero-order valence-corrected chi connectivity index (χ0v) is 11.0. The minimum absolute atomic E-state index is 0.0744. The van der Waals surface area contributed by atoms with Crippen molar-refractivity contribution in [1.29, 1.82) is 0 Å². The topological polar surface area (TPSA) is 30.5 Å². The van der Waals surface area contributed by atoms with Crippen molar-refractivity contribution in [3.8, 4) is 0 Å². The summed E-state index contributed by atoms with van der Waals surface area (Å²) < 4.78 is 11.6. The Morgan fingerprint density at radius 2 is 2.00 bits per heavy atom. The van der Waals surface area contributed by atoms with Crippen LogP contribution in [0.1, 0.15) is 47.0 Å². The number of ether oxygens (including phenoxy) is 2. The lowest BCUT2D eigenvalue weighted by Gasteiger charge is -2.30. The van der Waals surface area contributed by atoms with Crippen LogP contribution in [0.25, 0.3) is 0 Å². The number of nitrogens with one attached hydrogen (secondary N) is 1. The third-order valence-electron chi connectivity index (χ3n) is 4.17. The van der Waals surface area contributed by atoms with Gasteiger partial charge in [0.05, 0.1) is 17.8 Å². The van der Waals surface area contributed by atoms with Crippen molar-refractivity contribution in [2.24, 2.45) is 0 Å². The molecule has 3 atom stereocenters. The number of hydrogen-bond donors (Lipinski definition) is 1. The predicted molar refractivity (Wildman–Crippen MR) is 64.6 cm³/mol. The molecule has 3 nitrogen and oxygen atoms in total. The van der Waals surface area contributed by atoms with E-state index in [9.17, 15) is 0 Å². The molecule has 2 saturated heterocycles. The van der Waals surface area contributed by atoms with Crippen molar-refractivity contribution in [2.45, 2.75) is 70.3 Å². The number of hydrogen-bond acceptors (Lipinski definition) is 3. The summed E-state index contributed by atoms with van der Waals surface area (Å²) >= 11 is 0. The largest absolute Gasteiger partial charge is 0.377 e. The van der Waals surface area contributed by atoms with E-state index in [1.807, 2.05) is 0 Å². The molecule has 0 aliphatic carbocycles. The van der Waals surface area contributed by atoms with Gasteiger partial charge in [0.2, 0.25) is 0 Å². The van der Waals surface area contributed by atoms with Crippen LogP contribution in [0.2, 0.25) is 0 Å². The fourth-order valence-corrected chi connectivity index (χ4v) is 2.64. The Morgan fingerprint density at radius 3 is 2.50 bits per heavy atom. The van der Waals surface area contributed by atoms with Crippen molar-refractivity contribution < 1.29 is 9.47 Å². The molecule has 16 heavy (non-hydrogen) atoms.